The van der Waals surface area contributed by atoms with Gasteiger partial charge in [-0.3, -0.25) is 0 Å². The van der Waals surface area contributed by atoms with E-state index in [2.05, 4.69) is 10.5 Å². The van der Waals surface area contributed by atoms with E-state index >= 15 is 0 Å². The van der Waals surface area contributed by atoms with Crippen LogP contribution in [0.1, 0.15) is 44.4 Å². The van der Waals surface area contributed by atoms with E-state index in [1.54, 1.807) is 6.07 Å². The molecular formula is C14H18N2OS. The summed E-state index contributed by atoms with van der Waals surface area (Å²) in [5, 5.41) is 8.99. The largest absolute Gasteiger partial charge is 0.234 e. The van der Waals surface area contributed by atoms with Crippen molar-refractivity contribution in [3.8, 4) is 6.07 Å². The molecule has 0 spiro atoms. The number of nitriles is 1. The molecule has 4 heteroatoms. The second-order valence-electron chi connectivity index (χ2n) is 5.13. The first-order chi connectivity index (χ1) is 8.27. The van der Waals surface area contributed by atoms with Crippen molar-refractivity contribution in [2.45, 2.75) is 39.4 Å². The number of benzene rings is 1. The van der Waals surface area contributed by atoms with E-state index in [0.717, 1.165) is 11.1 Å². The molecule has 0 saturated heterocycles. The van der Waals surface area contributed by atoms with Crippen LogP contribution in [0.4, 0.5) is 0 Å². The molecule has 1 aromatic rings. The Kier molecular flexibility index (Phi) is 4.42. The van der Waals surface area contributed by atoms with E-state index in [-0.39, 0.29) is 4.75 Å². The van der Waals surface area contributed by atoms with Crippen LogP contribution in [0.25, 0.3) is 0 Å². The zero-order chi connectivity index (χ0) is 13.9. The fourth-order valence-corrected chi connectivity index (χ4v) is 2.08. The smallest absolute Gasteiger partial charge is 0.145 e. The summed E-state index contributed by atoms with van der Waals surface area (Å²) >= 11 is 0. The van der Waals surface area contributed by atoms with Crippen LogP contribution in [0.5, 0.6) is 0 Å². The van der Waals surface area contributed by atoms with Crippen LogP contribution in [-0.2, 0) is 11.0 Å². The summed E-state index contributed by atoms with van der Waals surface area (Å²) in [6.45, 7) is 9.37. The summed E-state index contributed by atoms with van der Waals surface area (Å²) in [5.41, 5.74) is 3.10. The van der Waals surface area contributed by atoms with Crippen molar-refractivity contribution in [2.24, 2.45) is 4.40 Å². The second-order valence-corrected chi connectivity index (χ2v) is 7.03. The molecule has 0 aliphatic carbocycles. The summed E-state index contributed by atoms with van der Waals surface area (Å²) in [6.07, 6.45) is 0. The minimum Gasteiger partial charge on any atom is -0.234 e. The van der Waals surface area contributed by atoms with Gasteiger partial charge in [-0.15, -0.1) is 0 Å². The lowest BCUT2D eigenvalue weighted by Gasteiger charge is -2.14. The standard InChI is InChI=1S/C14H18N2OS/c1-10-12(9-15)7-6-8-13(10)11(2)16-18(17)14(3,4)5/h6-8H,1-5H3/b16-11+/t18-/m1/s1. The first-order valence-corrected chi connectivity index (χ1v) is 6.85. The van der Waals surface area contributed by atoms with Gasteiger partial charge in [-0.05, 0) is 46.2 Å². The molecule has 0 aromatic heterocycles. The Bertz CT molecular complexity index is 548. The van der Waals surface area contributed by atoms with E-state index in [0.29, 0.717) is 11.3 Å². The molecule has 1 aromatic carbocycles. The fraction of sp³-hybridized carbons (Fsp3) is 0.429. The molecule has 0 aliphatic heterocycles. The Morgan fingerprint density at radius 3 is 2.50 bits per heavy atom. The van der Waals surface area contributed by atoms with E-state index in [1.165, 1.54) is 0 Å². The highest BCUT2D eigenvalue weighted by Gasteiger charge is 2.19. The molecule has 96 valence electrons. The maximum Gasteiger partial charge on any atom is 0.145 e. The fourth-order valence-electron chi connectivity index (χ4n) is 1.46. The van der Waals surface area contributed by atoms with E-state index < -0.39 is 11.0 Å². The first-order valence-electron chi connectivity index (χ1n) is 5.74. The van der Waals surface area contributed by atoms with Gasteiger partial charge >= 0.3 is 0 Å². The third-order valence-corrected chi connectivity index (χ3v) is 4.08. The average Bonchev–Trinajstić information content (AvgIpc) is 2.27. The quantitative estimate of drug-likeness (QED) is 0.769. The monoisotopic (exact) mass is 262 g/mol. The number of hydrogen-bond donors (Lipinski definition) is 0. The maximum absolute atomic E-state index is 12.0. The van der Waals surface area contributed by atoms with Crippen molar-refractivity contribution in [1.82, 2.24) is 0 Å². The summed E-state index contributed by atoms with van der Waals surface area (Å²) in [4.78, 5) is 0. The highest BCUT2D eigenvalue weighted by molar-refractivity contribution is 7.85. The zero-order valence-electron chi connectivity index (χ0n) is 11.4. The Morgan fingerprint density at radius 1 is 1.39 bits per heavy atom. The van der Waals surface area contributed by atoms with E-state index in [4.69, 9.17) is 5.26 Å². The van der Waals surface area contributed by atoms with E-state index in [9.17, 15) is 4.21 Å². The van der Waals surface area contributed by atoms with Crippen molar-refractivity contribution >= 4 is 16.7 Å². The molecule has 0 N–H and O–H groups in total. The lowest BCUT2D eigenvalue weighted by atomic mass is 10.0. The van der Waals surface area contributed by atoms with Crippen molar-refractivity contribution < 1.29 is 4.21 Å². The lowest BCUT2D eigenvalue weighted by Crippen LogP contribution is -2.20. The Labute approximate surface area is 111 Å². The van der Waals surface area contributed by atoms with Gasteiger partial charge in [-0.1, -0.05) is 12.1 Å². The number of nitrogens with zero attached hydrogens (tertiary/aromatic N) is 2. The summed E-state index contributed by atoms with van der Waals surface area (Å²) in [7, 11) is -1.28. The summed E-state index contributed by atoms with van der Waals surface area (Å²) < 4.78 is 15.8. The topological polar surface area (TPSA) is 53.2 Å². The molecule has 3 nitrogen and oxygen atoms in total. The molecular weight excluding hydrogens is 244 g/mol. The van der Waals surface area contributed by atoms with Crippen molar-refractivity contribution in [2.75, 3.05) is 0 Å². The minimum atomic E-state index is -1.28. The molecule has 0 fully saturated rings. The van der Waals surface area contributed by atoms with Crippen molar-refractivity contribution in [1.29, 1.82) is 5.26 Å². The molecule has 0 radical (unpaired) electrons. The molecule has 0 amide bonds. The van der Waals surface area contributed by atoms with Gasteiger partial charge in [0.15, 0.2) is 0 Å². The van der Waals surface area contributed by atoms with Gasteiger partial charge in [0.25, 0.3) is 0 Å². The second kappa shape index (κ2) is 5.45. The molecule has 0 saturated carbocycles. The molecule has 1 rings (SSSR count). The zero-order valence-corrected chi connectivity index (χ0v) is 12.3. The van der Waals surface area contributed by atoms with Gasteiger partial charge in [-0.25, -0.2) is 4.21 Å². The molecule has 0 bridgehead atoms. The summed E-state index contributed by atoms with van der Waals surface area (Å²) in [5.74, 6) is 0. The molecule has 0 aliphatic rings. The SMILES string of the molecule is C/C(=N\[S@](=O)C(C)(C)C)c1cccc(C#N)c1C. The minimum absolute atomic E-state index is 0.373. The first kappa shape index (κ1) is 14.6. The van der Waals surface area contributed by atoms with Crippen molar-refractivity contribution in [3.05, 3.63) is 34.9 Å². The van der Waals surface area contributed by atoms with Crippen LogP contribution in [0.15, 0.2) is 22.6 Å². The highest BCUT2D eigenvalue weighted by Crippen LogP contribution is 2.17. The van der Waals surface area contributed by atoms with Gasteiger partial charge in [0.2, 0.25) is 0 Å². The third kappa shape index (κ3) is 3.27. The summed E-state index contributed by atoms with van der Waals surface area (Å²) in [6, 6.07) is 7.63. The Balaban J connectivity index is 3.21. The average molecular weight is 262 g/mol. The van der Waals surface area contributed by atoms with Gasteiger partial charge in [0.05, 0.1) is 22.1 Å². The number of hydrogen-bond acceptors (Lipinski definition) is 2. The molecule has 18 heavy (non-hydrogen) atoms. The molecule has 1 atom stereocenters. The van der Waals surface area contributed by atoms with Crippen LogP contribution in [0, 0.1) is 18.3 Å². The van der Waals surface area contributed by atoms with Gasteiger partial charge in [-0.2, -0.15) is 9.66 Å². The van der Waals surface area contributed by atoms with Crippen LogP contribution < -0.4 is 0 Å². The van der Waals surface area contributed by atoms with Crippen LogP contribution in [0.2, 0.25) is 0 Å². The lowest BCUT2D eigenvalue weighted by molar-refractivity contribution is 0.650. The predicted molar refractivity (Wildman–Crippen MR) is 76.0 cm³/mol. The normalized spacial score (nSPS) is 14.1. The maximum atomic E-state index is 12.0. The highest BCUT2D eigenvalue weighted by atomic mass is 32.2. The van der Waals surface area contributed by atoms with Gasteiger partial charge in [0, 0.05) is 5.56 Å². The van der Waals surface area contributed by atoms with Crippen molar-refractivity contribution in [3.63, 3.8) is 0 Å². The third-order valence-electron chi connectivity index (χ3n) is 2.59. The van der Waals surface area contributed by atoms with Crippen LogP contribution in [-0.4, -0.2) is 14.7 Å². The molecule has 0 unspecified atom stereocenters. The Morgan fingerprint density at radius 2 is 2.00 bits per heavy atom. The molecule has 0 heterocycles. The van der Waals surface area contributed by atoms with Crippen LogP contribution >= 0.6 is 0 Å². The van der Waals surface area contributed by atoms with Crippen LogP contribution in [0.3, 0.4) is 0 Å². The van der Waals surface area contributed by atoms with E-state index in [1.807, 2.05) is 46.8 Å². The predicted octanol–water partition coefficient (Wildman–Crippen LogP) is 3.14. The van der Waals surface area contributed by atoms with Gasteiger partial charge < -0.3 is 0 Å². The van der Waals surface area contributed by atoms with Gasteiger partial charge in [0.1, 0.15) is 11.0 Å². The number of rotatable bonds is 2. The Hall–Kier alpha value is -1.47.